The summed E-state index contributed by atoms with van der Waals surface area (Å²) in [5.41, 5.74) is 3.67. The van der Waals surface area contributed by atoms with E-state index in [0.717, 1.165) is 5.56 Å². The van der Waals surface area contributed by atoms with E-state index in [9.17, 15) is 0 Å². The Morgan fingerprint density at radius 1 is 1.06 bits per heavy atom. The first-order chi connectivity index (χ1) is 7.81. The van der Waals surface area contributed by atoms with Crippen LogP contribution in [0.1, 0.15) is 18.5 Å². The summed E-state index contributed by atoms with van der Waals surface area (Å²) in [5, 5.41) is 3.23. The smallest absolute Gasteiger partial charge is 0.0346 e. The van der Waals surface area contributed by atoms with E-state index in [-0.39, 0.29) is 0 Å². The van der Waals surface area contributed by atoms with Gasteiger partial charge in [-0.15, -0.1) is 0 Å². The van der Waals surface area contributed by atoms with Crippen molar-refractivity contribution in [2.24, 2.45) is 0 Å². The standard InChI is InChI=1S/C14H16N2/c1-11(15-2)12-5-7-13(8-6-12)14-4-3-9-16-10-14/h3-11,15H,1-2H3/t11-/m0/s1. The van der Waals surface area contributed by atoms with Gasteiger partial charge in [0.05, 0.1) is 0 Å². The van der Waals surface area contributed by atoms with Gasteiger partial charge < -0.3 is 5.32 Å². The lowest BCUT2D eigenvalue weighted by Crippen LogP contribution is -2.11. The van der Waals surface area contributed by atoms with E-state index in [4.69, 9.17) is 0 Å². The second-order valence-electron chi connectivity index (χ2n) is 3.87. The maximum absolute atomic E-state index is 4.12. The summed E-state index contributed by atoms with van der Waals surface area (Å²) < 4.78 is 0. The first-order valence-corrected chi connectivity index (χ1v) is 5.49. The van der Waals surface area contributed by atoms with Gasteiger partial charge in [0.1, 0.15) is 0 Å². The van der Waals surface area contributed by atoms with Crippen LogP contribution in [0.3, 0.4) is 0 Å². The molecule has 2 heteroatoms. The van der Waals surface area contributed by atoms with E-state index < -0.39 is 0 Å². The number of aromatic nitrogens is 1. The Morgan fingerprint density at radius 3 is 2.38 bits per heavy atom. The molecule has 16 heavy (non-hydrogen) atoms. The zero-order chi connectivity index (χ0) is 11.4. The molecule has 0 radical (unpaired) electrons. The van der Waals surface area contributed by atoms with Gasteiger partial charge in [0.15, 0.2) is 0 Å². The number of hydrogen-bond acceptors (Lipinski definition) is 2. The molecule has 2 nitrogen and oxygen atoms in total. The van der Waals surface area contributed by atoms with E-state index in [0.29, 0.717) is 6.04 Å². The van der Waals surface area contributed by atoms with E-state index >= 15 is 0 Å². The van der Waals surface area contributed by atoms with Crippen LogP contribution in [-0.4, -0.2) is 12.0 Å². The highest BCUT2D eigenvalue weighted by Gasteiger charge is 2.02. The van der Waals surface area contributed by atoms with Crippen LogP contribution in [0.4, 0.5) is 0 Å². The summed E-state index contributed by atoms with van der Waals surface area (Å²) in [6.07, 6.45) is 3.68. The van der Waals surface area contributed by atoms with Gasteiger partial charge in [-0.3, -0.25) is 4.98 Å². The van der Waals surface area contributed by atoms with Crippen molar-refractivity contribution >= 4 is 0 Å². The molecule has 0 amide bonds. The third-order valence-electron chi connectivity index (χ3n) is 2.84. The summed E-state index contributed by atoms with van der Waals surface area (Å²) in [7, 11) is 1.97. The fourth-order valence-electron chi connectivity index (χ4n) is 1.66. The normalized spacial score (nSPS) is 12.4. The number of pyridine rings is 1. The summed E-state index contributed by atoms with van der Waals surface area (Å²) in [6, 6.07) is 13.0. The number of nitrogens with zero attached hydrogens (tertiary/aromatic N) is 1. The van der Waals surface area contributed by atoms with E-state index in [1.165, 1.54) is 11.1 Å². The monoisotopic (exact) mass is 212 g/mol. The molecule has 82 valence electrons. The predicted octanol–water partition coefficient (Wildman–Crippen LogP) is 3.03. The molecule has 0 spiro atoms. The number of nitrogens with one attached hydrogen (secondary N) is 1. The minimum Gasteiger partial charge on any atom is -0.313 e. The molecule has 0 aliphatic carbocycles. The lowest BCUT2D eigenvalue weighted by Gasteiger charge is -2.11. The van der Waals surface area contributed by atoms with Gasteiger partial charge in [0, 0.05) is 18.4 Å². The lowest BCUT2D eigenvalue weighted by molar-refractivity contribution is 0.652. The van der Waals surface area contributed by atoms with Gasteiger partial charge in [-0.2, -0.15) is 0 Å². The minimum atomic E-state index is 0.392. The summed E-state index contributed by atoms with van der Waals surface area (Å²) in [5.74, 6) is 0. The predicted molar refractivity (Wildman–Crippen MR) is 67.1 cm³/mol. The topological polar surface area (TPSA) is 24.9 Å². The molecule has 0 bridgehead atoms. The van der Waals surface area contributed by atoms with Crippen molar-refractivity contribution in [2.45, 2.75) is 13.0 Å². The first kappa shape index (κ1) is 10.8. The largest absolute Gasteiger partial charge is 0.313 e. The Kier molecular flexibility index (Phi) is 3.32. The van der Waals surface area contributed by atoms with Crippen molar-refractivity contribution in [3.05, 3.63) is 54.4 Å². The molecular weight excluding hydrogens is 196 g/mol. The Morgan fingerprint density at radius 2 is 1.81 bits per heavy atom. The van der Waals surface area contributed by atoms with Crippen LogP contribution < -0.4 is 5.32 Å². The summed E-state index contributed by atoms with van der Waals surface area (Å²) >= 11 is 0. The molecule has 2 aromatic rings. The second-order valence-corrected chi connectivity index (χ2v) is 3.87. The fourth-order valence-corrected chi connectivity index (χ4v) is 1.66. The Bertz CT molecular complexity index is 434. The quantitative estimate of drug-likeness (QED) is 0.846. The highest BCUT2D eigenvalue weighted by atomic mass is 14.8. The Balaban J connectivity index is 2.26. The molecule has 0 aliphatic rings. The van der Waals surface area contributed by atoms with Crippen molar-refractivity contribution in [3.8, 4) is 11.1 Å². The second kappa shape index (κ2) is 4.90. The van der Waals surface area contributed by atoms with E-state index in [1.807, 2.05) is 19.3 Å². The molecule has 0 aliphatic heterocycles. The molecular formula is C14H16N2. The zero-order valence-corrected chi connectivity index (χ0v) is 9.64. The van der Waals surface area contributed by atoms with Crippen LogP contribution in [-0.2, 0) is 0 Å². The number of benzene rings is 1. The molecule has 1 heterocycles. The van der Waals surface area contributed by atoms with Crippen LogP contribution in [0.2, 0.25) is 0 Å². The van der Waals surface area contributed by atoms with Crippen molar-refractivity contribution in [1.82, 2.24) is 10.3 Å². The maximum atomic E-state index is 4.12. The highest BCUT2D eigenvalue weighted by molar-refractivity contribution is 5.62. The number of hydrogen-bond donors (Lipinski definition) is 1. The summed E-state index contributed by atoms with van der Waals surface area (Å²) in [4.78, 5) is 4.12. The summed E-state index contributed by atoms with van der Waals surface area (Å²) in [6.45, 7) is 2.15. The van der Waals surface area contributed by atoms with Crippen LogP contribution in [0.15, 0.2) is 48.8 Å². The van der Waals surface area contributed by atoms with Crippen molar-refractivity contribution in [1.29, 1.82) is 0 Å². The molecule has 0 saturated carbocycles. The molecule has 1 atom stereocenters. The molecule has 1 N–H and O–H groups in total. The third kappa shape index (κ3) is 2.28. The van der Waals surface area contributed by atoms with Crippen molar-refractivity contribution in [3.63, 3.8) is 0 Å². The van der Waals surface area contributed by atoms with Gasteiger partial charge in [-0.1, -0.05) is 30.3 Å². The van der Waals surface area contributed by atoms with Gasteiger partial charge in [0.25, 0.3) is 0 Å². The maximum Gasteiger partial charge on any atom is 0.0346 e. The van der Waals surface area contributed by atoms with Crippen molar-refractivity contribution in [2.75, 3.05) is 7.05 Å². The first-order valence-electron chi connectivity index (χ1n) is 5.49. The van der Waals surface area contributed by atoms with Gasteiger partial charge in [-0.05, 0) is 36.7 Å². The molecule has 2 rings (SSSR count). The van der Waals surface area contributed by atoms with Crippen molar-refractivity contribution < 1.29 is 0 Å². The molecule has 1 aromatic carbocycles. The molecule has 0 unspecified atom stereocenters. The van der Waals surface area contributed by atoms with E-state index in [1.54, 1.807) is 6.20 Å². The molecule has 0 fully saturated rings. The SMILES string of the molecule is CN[C@@H](C)c1ccc(-c2cccnc2)cc1. The van der Waals surface area contributed by atoms with Crippen LogP contribution in [0.25, 0.3) is 11.1 Å². The third-order valence-corrected chi connectivity index (χ3v) is 2.84. The lowest BCUT2D eigenvalue weighted by atomic mass is 10.0. The highest BCUT2D eigenvalue weighted by Crippen LogP contribution is 2.20. The molecule has 0 saturated heterocycles. The molecule has 1 aromatic heterocycles. The van der Waals surface area contributed by atoms with Crippen LogP contribution >= 0.6 is 0 Å². The van der Waals surface area contributed by atoms with E-state index in [2.05, 4.69) is 47.6 Å². The average Bonchev–Trinajstić information content (AvgIpc) is 2.39. The van der Waals surface area contributed by atoms with Gasteiger partial charge >= 0.3 is 0 Å². The Labute approximate surface area is 96.4 Å². The Hall–Kier alpha value is -1.67. The zero-order valence-electron chi connectivity index (χ0n) is 9.64. The van der Waals surface area contributed by atoms with Crippen LogP contribution in [0.5, 0.6) is 0 Å². The minimum absolute atomic E-state index is 0.392. The number of rotatable bonds is 3. The van der Waals surface area contributed by atoms with Gasteiger partial charge in [0.2, 0.25) is 0 Å². The van der Waals surface area contributed by atoms with Gasteiger partial charge in [-0.25, -0.2) is 0 Å². The average molecular weight is 212 g/mol. The fraction of sp³-hybridized carbons (Fsp3) is 0.214. The van der Waals surface area contributed by atoms with Crippen LogP contribution in [0, 0.1) is 0 Å².